The topological polar surface area (TPSA) is 50.7 Å². The maximum absolute atomic E-state index is 12.7. The molecule has 1 N–H and O–H groups in total. The zero-order valence-corrected chi connectivity index (χ0v) is 11.8. The number of nitrogens with zero attached hydrogens (tertiary/aromatic N) is 1. The van der Waals surface area contributed by atoms with Crippen LogP contribution in [-0.4, -0.2) is 18.7 Å². The molecule has 0 aliphatic carbocycles. The normalized spacial score (nSPS) is 10.4. The van der Waals surface area contributed by atoms with E-state index in [1.165, 1.54) is 18.3 Å². The van der Waals surface area contributed by atoms with Crippen LogP contribution in [0.1, 0.15) is 15.9 Å². The van der Waals surface area contributed by atoms with Crippen molar-refractivity contribution in [3.63, 3.8) is 0 Å². The minimum absolute atomic E-state index is 0.319. The molecule has 2 aromatic carbocycles. The highest BCUT2D eigenvalue weighted by Gasteiger charge is 2.04. The number of ether oxygens (including phenoxy) is 1. The molecule has 0 atom stereocenters. The van der Waals surface area contributed by atoms with E-state index in [1.54, 1.807) is 42.5 Å². The maximum Gasteiger partial charge on any atom is 0.271 e. The standard InChI is InChI=1S/C17H15FN2O2/c1-2-11-22-16-9-5-14(6-10-16)17(21)20-19-12-13-3-7-15(18)8-4-13/h2-10,12H,1,11H2,(H,20,21). The molecule has 0 heterocycles. The van der Waals surface area contributed by atoms with Gasteiger partial charge in [-0.3, -0.25) is 4.79 Å². The van der Waals surface area contributed by atoms with Crippen LogP contribution in [0.25, 0.3) is 0 Å². The van der Waals surface area contributed by atoms with Crippen molar-refractivity contribution in [1.82, 2.24) is 5.43 Å². The summed E-state index contributed by atoms with van der Waals surface area (Å²) in [5.74, 6) is -0.000144. The second-order valence-electron chi connectivity index (χ2n) is 4.37. The van der Waals surface area contributed by atoms with E-state index in [-0.39, 0.29) is 11.7 Å². The molecule has 0 radical (unpaired) electrons. The van der Waals surface area contributed by atoms with Crippen molar-refractivity contribution < 1.29 is 13.9 Å². The van der Waals surface area contributed by atoms with Crippen molar-refractivity contribution >= 4 is 12.1 Å². The lowest BCUT2D eigenvalue weighted by atomic mass is 10.2. The quantitative estimate of drug-likeness (QED) is 0.506. The van der Waals surface area contributed by atoms with E-state index >= 15 is 0 Å². The molecule has 1 amide bonds. The zero-order chi connectivity index (χ0) is 15.8. The molecule has 0 bridgehead atoms. The maximum atomic E-state index is 12.7. The van der Waals surface area contributed by atoms with E-state index in [0.717, 1.165) is 0 Å². The number of rotatable bonds is 6. The Hall–Kier alpha value is -2.95. The summed E-state index contributed by atoms with van der Waals surface area (Å²) in [7, 11) is 0. The van der Waals surface area contributed by atoms with Crippen LogP contribution in [0.2, 0.25) is 0 Å². The summed E-state index contributed by atoms with van der Waals surface area (Å²) >= 11 is 0. The smallest absolute Gasteiger partial charge is 0.271 e. The molecule has 4 nitrogen and oxygen atoms in total. The van der Waals surface area contributed by atoms with Gasteiger partial charge in [0.25, 0.3) is 5.91 Å². The van der Waals surface area contributed by atoms with Gasteiger partial charge >= 0.3 is 0 Å². The van der Waals surface area contributed by atoms with Crippen LogP contribution in [0.4, 0.5) is 4.39 Å². The molecule has 2 rings (SSSR count). The minimum atomic E-state index is -0.339. The van der Waals surface area contributed by atoms with Gasteiger partial charge in [0.1, 0.15) is 18.2 Å². The van der Waals surface area contributed by atoms with Crippen molar-refractivity contribution in [3.05, 3.63) is 78.1 Å². The van der Waals surface area contributed by atoms with Gasteiger partial charge in [0.15, 0.2) is 0 Å². The van der Waals surface area contributed by atoms with E-state index < -0.39 is 0 Å². The van der Waals surface area contributed by atoms with Crippen LogP contribution >= 0.6 is 0 Å². The molecule has 5 heteroatoms. The summed E-state index contributed by atoms with van der Waals surface area (Å²) in [6.45, 7) is 3.97. The average molecular weight is 298 g/mol. The van der Waals surface area contributed by atoms with Gasteiger partial charge in [0, 0.05) is 5.56 Å². The zero-order valence-electron chi connectivity index (χ0n) is 11.8. The molecule has 0 aliphatic heterocycles. The van der Waals surface area contributed by atoms with E-state index in [9.17, 15) is 9.18 Å². The monoisotopic (exact) mass is 298 g/mol. The first-order chi connectivity index (χ1) is 10.7. The summed E-state index contributed by atoms with van der Waals surface area (Å²) in [5.41, 5.74) is 3.55. The molecule has 0 aromatic heterocycles. The first-order valence-corrected chi connectivity index (χ1v) is 6.62. The number of halogens is 1. The Bertz CT molecular complexity index is 664. The Balaban J connectivity index is 1.91. The fourth-order valence-electron chi connectivity index (χ4n) is 1.64. The number of benzene rings is 2. The number of carbonyl (C=O) groups is 1. The number of hydrazone groups is 1. The molecule has 0 saturated carbocycles. The lowest BCUT2D eigenvalue weighted by molar-refractivity contribution is 0.0955. The van der Waals surface area contributed by atoms with Gasteiger partial charge in [-0.15, -0.1) is 0 Å². The molecule has 0 spiro atoms. The summed E-state index contributed by atoms with van der Waals surface area (Å²) in [5, 5.41) is 3.83. The summed E-state index contributed by atoms with van der Waals surface area (Å²) in [4.78, 5) is 11.9. The lowest BCUT2D eigenvalue weighted by Gasteiger charge is -2.04. The van der Waals surface area contributed by atoms with Gasteiger partial charge in [0.2, 0.25) is 0 Å². The predicted octanol–water partition coefficient (Wildman–Crippen LogP) is 3.15. The summed E-state index contributed by atoms with van der Waals surface area (Å²) < 4.78 is 18.1. The van der Waals surface area contributed by atoms with E-state index in [1.807, 2.05) is 0 Å². The fraction of sp³-hybridized carbons (Fsp3) is 0.0588. The molecule has 0 unspecified atom stereocenters. The van der Waals surface area contributed by atoms with Gasteiger partial charge in [-0.1, -0.05) is 24.8 Å². The molecule has 0 fully saturated rings. The van der Waals surface area contributed by atoms with E-state index in [4.69, 9.17) is 4.74 Å². The van der Waals surface area contributed by atoms with Gasteiger partial charge in [-0.2, -0.15) is 5.10 Å². The minimum Gasteiger partial charge on any atom is -0.490 e. The molecular formula is C17H15FN2O2. The van der Waals surface area contributed by atoms with Crippen LogP contribution in [-0.2, 0) is 0 Å². The fourth-order valence-corrected chi connectivity index (χ4v) is 1.64. The number of hydrogen-bond donors (Lipinski definition) is 1. The van der Waals surface area contributed by atoms with Crippen molar-refractivity contribution in [2.24, 2.45) is 5.10 Å². The first kappa shape index (κ1) is 15.4. The Morgan fingerprint density at radius 2 is 1.86 bits per heavy atom. The number of hydrogen-bond acceptors (Lipinski definition) is 3. The van der Waals surface area contributed by atoms with E-state index in [0.29, 0.717) is 23.5 Å². The van der Waals surface area contributed by atoms with Gasteiger partial charge in [-0.05, 0) is 42.0 Å². The molecule has 2 aromatic rings. The van der Waals surface area contributed by atoms with Crippen LogP contribution in [0.5, 0.6) is 5.75 Å². The van der Waals surface area contributed by atoms with Crippen molar-refractivity contribution in [2.45, 2.75) is 0 Å². The molecule has 0 saturated heterocycles. The van der Waals surface area contributed by atoms with Crippen LogP contribution in [0, 0.1) is 5.82 Å². The highest BCUT2D eigenvalue weighted by molar-refractivity contribution is 5.94. The third-order valence-electron chi connectivity index (χ3n) is 2.73. The molecule has 22 heavy (non-hydrogen) atoms. The summed E-state index contributed by atoms with van der Waals surface area (Å²) in [6.07, 6.45) is 3.09. The number of nitrogens with one attached hydrogen (secondary N) is 1. The molecular weight excluding hydrogens is 283 g/mol. The second kappa shape index (κ2) is 7.73. The van der Waals surface area contributed by atoms with Crippen molar-refractivity contribution in [1.29, 1.82) is 0 Å². The third-order valence-corrected chi connectivity index (χ3v) is 2.73. The Morgan fingerprint density at radius 1 is 1.18 bits per heavy atom. The largest absolute Gasteiger partial charge is 0.490 e. The van der Waals surface area contributed by atoms with Crippen molar-refractivity contribution in [3.8, 4) is 5.75 Å². The Labute approximate surface area is 127 Å². The molecule has 0 aliphatic rings. The van der Waals surface area contributed by atoms with Crippen molar-refractivity contribution in [2.75, 3.05) is 6.61 Å². The van der Waals surface area contributed by atoms with Gasteiger partial charge in [-0.25, -0.2) is 9.82 Å². The van der Waals surface area contributed by atoms with Gasteiger partial charge < -0.3 is 4.74 Å². The highest BCUT2D eigenvalue weighted by Crippen LogP contribution is 2.12. The van der Waals surface area contributed by atoms with E-state index in [2.05, 4.69) is 17.1 Å². The summed E-state index contributed by atoms with van der Waals surface area (Å²) in [6, 6.07) is 12.5. The van der Waals surface area contributed by atoms with Gasteiger partial charge in [0.05, 0.1) is 6.21 Å². The average Bonchev–Trinajstić information content (AvgIpc) is 2.55. The van der Waals surface area contributed by atoms with Crippen LogP contribution < -0.4 is 10.2 Å². The predicted molar refractivity (Wildman–Crippen MR) is 83.6 cm³/mol. The Morgan fingerprint density at radius 3 is 2.50 bits per heavy atom. The SMILES string of the molecule is C=CCOc1ccc(C(=O)NN=Cc2ccc(F)cc2)cc1. The number of amides is 1. The number of carbonyl (C=O) groups excluding carboxylic acids is 1. The first-order valence-electron chi connectivity index (χ1n) is 6.62. The van der Waals surface area contributed by atoms with Crippen LogP contribution in [0.15, 0.2) is 66.3 Å². The van der Waals surface area contributed by atoms with Crippen LogP contribution in [0.3, 0.4) is 0 Å². The Kier molecular flexibility index (Phi) is 5.43. The molecule has 112 valence electrons. The third kappa shape index (κ3) is 4.56. The highest BCUT2D eigenvalue weighted by atomic mass is 19.1. The lowest BCUT2D eigenvalue weighted by Crippen LogP contribution is -2.17. The second-order valence-corrected chi connectivity index (χ2v) is 4.37.